The summed E-state index contributed by atoms with van der Waals surface area (Å²) in [5.41, 5.74) is 5.43. The van der Waals surface area contributed by atoms with Gasteiger partial charge in [0.15, 0.2) is 0 Å². The summed E-state index contributed by atoms with van der Waals surface area (Å²) in [4.78, 5) is 4.39. The molecule has 0 fully saturated rings. The fraction of sp³-hybridized carbons (Fsp3) is 0.816. The van der Waals surface area contributed by atoms with E-state index in [-0.39, 0.29) is 29.7 Å². The van der Waals surface area contributed by atoms with Gasteiger partial charge in [-0.3, -0.25) is 0 Å². The molecule has 0 heterocycles. The van der Waals surface area contributed by atoms with Gasteiger partial charge in [0, 0.05) is 34.5 Å². The van der Waals surface area contributed by atoms with E-state index in [1.54, 1.807) is 21.3 Å². The maximum Gasteiger partial charge on any atom is 0.0540 e. The lowest BCUT2D eigenvalue weighted by Crippen LogP contribution is -2.15. The molecule has 105 heavy (non-hydrogen) atoms. The van der Waals surface area contributed by atoms with Crippen molar-refractivity contribution in [2.24, 2.45) is 22.7 Å². The van der Waals surface area contributed by atoms with Crippen molar-refractivity contribution in [1.29, 1.82) is 0 Å². The second-order valence-corrected chi connectivity index (χ2v) is 26.2. The van der Waals surface area contributed by atoms with Gasteiger partial charge in [-0.1, -0.05) is 430 Å². The highest BCUT2D eigenvalue weighted by atomic mass is 16.5. The molecule has 0 spiro atoms. The maximum absolute atomic E-state index is 4.90. The van der Waals surface area contributed by atoms with E-state index in [9.17, 15) is 0 Å². The number of unbranched alkanes of at least 4 members (excludes halogenated alkanes) is 3. The lowest BCUT2D eigenvalue weighted by atomic mass is 9.78. The number of ether oxygens (including phenoxy) is 3. The Morgan fingerprint density at radius 1 is 0.381 bits per heavy atom. The molecule has 0 aromatic heterocycles. The van der Waals surface area contributed by atoms with E-state index in [0.29, 0.717) is 16.9 Å². The van der Waals surface area contributed by atoms with Crippen LogP contribution >= 0.6 is 0 Å². The highest BCUT2D eigenvalue weighted by molar-refractivity contribution is 5.15. The maximum atomic E-state index is 4.90. The van der Waals surface area contributed by atoms with Crippen molar-refractivity contribution in [3.8, 4) is 0 Å². The summed E-state index contributed by atoms with van der Waals surface area (Å²) in [6.45, 7) is 74.2. The minimum absolute atomic E-state index is 0. The quantitative estimate of drug-likeness (QED) is 0.0623. The molecule has 7 nitrogen and oxygen atoms in total. The molecular formula is C98H218N4O3. The van der Waals surface area contributed by atoms with Crippen LogP contribution in [0.25, 0.3) is 0 Å². The second-order valence-electron chi connectivity index (χ2n) is 26.2. The molecular weight excluding hydrogens is 1280 g/mol. The molecule has 0 aliphatic heterocycles. The van der Waals surface area contributed by atoms with Gasteiger partial charge in [-0.15, -0.1) is 0 Å². The second kappa shape index (κ2) is 143. The summed E-state index contributed by atoms with van der Waals surface area (Å²) in [5.74, 6) is 1.92. The lowest BCUT2D eigenvalue weighted by Gasteiger charge is -2.28. The Morgan fingerprint density at radius 3 is 0.771 bits per heavy atom. The van der Waals surface area contributed by atoms with E-state index in [4.69, 9.17) is 14.2 Å². The van der Waals surface area contributed by atoms with Gasteiger partial charge in [0.05, 0.1) is 6.10 Å². The summed E-state index contributed by atoms with van der Waals surface area (Å²) in [6.07, 6.45) is 32.4. The summed E-state index contributed by atoms with van der Waals surface area (Å²) in [7, 11) is 17.5. The van der Waals surface area contributed by atoms with Gasteiger partial charge >= 0.3 is 0 Å². The lowest BCUT2D eigenvalue weighted by molar-refractivity contribution is 0.115. The molecule has 1 unspecified atom stereocenters. The summed E-state index contributed by atoms with van der Waals surface area (Å²) in [6, 6.07) is 31.2. The number of aryl methyl sites for hydroxylation is 3. The Labute approximate surface area is 675 Å². The third-order valence-electron chi connectivity index (χ3n) is 17.1. The number of methoxy groups -OCH3 is 3. The van der Waals surface area contributed by atoms with Crippen molar-refractivity contribution < 1.29 is 14.2 Å². The van der Waals surface area contributed by atoms with Gasteiger partial charge in [0.1, 0.15) is 0 Å². The number of nitrogens with zero attached hydrogens (tertiary/aromatic N) is 2. The first-order valence-corrected chi connectivity index (χ1v) is 42.4. The van der Waals surface area contributed by atoms with Crippen LogP contribution < -0.4 is 10.6 Å². The fourth-order valence-electron chi connectivity index (χ4n) is 7.55. The average molecular weight is 1500 g/mol. The predicted molar refractivity (Wildman–Crippen MR) is 506 cm³/mol. The van der Waals surface area contributed by atoms with E-state index in [1.165, 1.54) is 165 Å². The van der Waals surface area contributed by atoms with Gasteiger partial charge in [-0.05, 0) is 174 Å². The van der Waals surface area contributed by atoms with Crippen molar-refractivity contribution in [1.82, 2.24) is 20.4 Å². The Kier molecular flexibility index (Phi) is 202. The van der Waals surface area contributed by atoms with Crippen LogP contribution in [-0.2, 0) is 27.1 Å². The molecule has 0 amide bonds. The summed E-state index contributed by atoms with van der Waals surface area (Å²) < 4.78 is 14.4. The first-order chi connectivity index (χ1) is 48.3. The third kappa shape index (κ3) is 167. The number of benzene rings is 3. The smallest absolute Gasteiger partial charge is 0.0540 e. The molecule has 648 valence electrons. The summed E-state index contributed by atoms with van der Waals surface area (Å²) in [5, 5.41) is 6.09. The largest absolute Gasteiger partial charge is 0.385 e. The predicted octanol–water partition coefficient (Wildman–Crippen LogP) is 32.5. The number of rotatable bonds is 31. The number of hydrogen-bond donors (Lipinski definition) is 2. The molecule has 3 aromatic rings. The zero-order chi connectivity index (χ0) is 81.7. The monoisotopic (exact) mass is 1500 g/mol. The standard InChI is InChI=1S/C9H20.2C8H10.C8H18.C7H8.C7H16.C6H15N.C6H14.2C5H13N.2C5H12O.C4H11N.C4H10O.C3H8.2C2H6.4CH4/c1-5-9(6-2,7-3)8-4;2*1-2-8-6-4-3-5-7-8;1-5-8(4,6-2)7-3;1-7-5-3-2-4-6-7;1-4-7(5-2)6-3;1-4-5-6-7(2)3;1-4-6(3)5-2;1-4-5-6(2)3;1-3-4-5-6-2;1-4-5(2)6-3;1-3-4-5-6-2;2*1-3-4-5-2;1-3-2;2*1-2;;;;/h5-8H2,1-4H3;2*3-7H,2H2,1H3;5-7H2,1-4H3;2-6H,1H3;7H,4-6H2,1-3H3;4-6H2,1-3H3;6H,4-5H2,1-3H3;4-5H2,1-3H3;6H,3-5H2,1-2H3;5H,4H2,1-3H3;3-5H2,1-2H3;5H,3-4H2,1-2H3;3-4H2,1-2H3;3H2,1-2H3;2*1-2H3;4*1H4. The SMILES string of the molecule is C.C.C.C.CC.CC.CCC.CCC(C)(CC)CC.CCC(C)CC.CCC(C)OC.CCC(CC)(CC)CC.CCC(CC)CC.CCCCN(C)C.CCCCNC.CCCCOC.CCCN(C)C.CCCNC.CCCOC.CCc1ccccc1.CCc1ccccc1.Cc1ccccc1. The van der Waals surface area contributed by atoms with E-state index in [2.05, 4.69) is 296 Å². The molecule has 7 heteroatoms. The van der Waals surface area contributed by atoms with Gasteiger partial charge in [0.25, 0.3) is 0 Å². The minimum atomic E-state index is 0. The van der Waals surface area contributed by atoms with Crippen molar-refractivity contribution in [2.75, 3.05) is 103 Å². The first-order valence-electron chi connectivity index (χ1n) is 42.4. The molecule has 0 aliphatic carbocycles. The minimum Gasteiger partial charge on any atom is -0.385 e. The molecule has 0 bridgehead atoms. The Bertz CT molecular complexity index is 1470. The van der Waals surface area contributed by atoms with E-state index >= 15 is 0 Å². The molecule has 3 aromatic carbocycles. The van der Waals surface area contributed by atoms with Gasteiger partial charge in [-0.2, -0.15) is 0 Å². The fourth-order valence-corrected chi connectivity index (χ4v) is 7.55. The zero-order valence-electron chi connectivity index (χ0n) is 77.9. The van der Waals surface area contributed by atoms with E-state index in [0.717, 1.165) is 63.8 Å². The molecule has 0 aliphatic rings. The van der Waals surface area contributed by atoms with Crippen LogP contribution in [-0.4, -0.2) is 119 Å². The van der Waals surface area contributed by atoms with Crippen LogP contribution in [0.3, 0.4) is 0 Å². The molecule has 0 saturated heterocycles. The highest BCUT2D eigenvalue weighted by Gasteiger charge is 2.20. The van der Waals surface area contributed by atoms with E-state index in [1.807, 2.05) is 72.1 Å². The van der Waals surface area contributed by atoms with Gasteiger partial charge in [-0.25, -0.2) is 0 Å². The number of nitrogens with one attached hydrogen (secondary N) is 2. The first kappa shape index (κ1) is 148. The Hall–Kier alpha value is -2.62. The summed E-state index contributed by atoms with van der Waals surface area (Å²) >= 11 is 0. The zero-order valence-corrected chi connectivity index (χ0v) is 77.9. The van der Waals surface area contributed by atoms with Crippen molar-refractivity contribution >= 4 is 0 Å². The van der Waals surface area contributed by atoms with E-state index < -0.39 is 0 Å². The van der Waals surface area contributed by atoms with Gasteiger partial charge < -0.3 is 34.6 Å². The van der Waals surface area contributed by atoms with Crippen molar-refractivity contribution in [3.05, 3.63) is 108 Å². The Balaban J connectivity index is -0.0000000482. The van der Waals surface area contributed by atoms with Gasteiger partial charge in [0.2, 0.25) is 0 Å². The molecule has 0 radical (unpaired) electrons. The number of hydrogen-bond acceptors (Lipinski definition) is 7. The van der Waals surface area contributed by atoms with Crippen LogP contribution in [0.5, 0.6) is 0 Å². The van der Waals surface area contributed by atoms with Crippen LogP contribution in [0.2, 0.25) is 0 Å². The van der Waals surface area contributed by atoms with Crippen molar-refractivity contribution in [3.63, 3.8) is 0 Å². The molecule has 3 rings (SSSR count). The Morgan fingerprint density at radius 2 is 0.705 bits per heavy atom. The third-order valence-corrected chi connectivity index (χ3v) is 17.1. The average Bonchev–Trinajstić information content (AvgIpc) is 0.925. The normalized spacial score (nSPS) is 9.37. The van der Waals surface area contributed by atoms with Crippen LogP contribution in [0.4, 0.5) is 0 Å². The van der Waals surface area contributed by atoms with Crippen molar-refractivity contribution in [2.45, 2.75) is 411 Å². The highest BCUT2D eigenvalue weighted by Crippen LogP contribution is 2.33. The molecule has 0 saturated carbocycles. The van der Waals surface area contributed by atoms with Crippen LogP contribution in [0.15, 0.2) is 91.0 Å². The van der Waals surface area contributed by atoms with Crippen LogP contribution in [0.1, 0.15) is 402 Å². The molecule has 2 N–H and O–H groups in total. The molecule has 1 atom stereocenters. The topological polar surface area (TPSA) is 58.2 Å². The van der Waals surface area contributed by atoms with Crippen LogP contribution in [0, 0.1) is 29.6 Å².